The molecular weight excluding hydrogens is 236 g/mol. The zero-order valence-electron chi connectivity index (χ0n) is 12.4. The highest BCUT2D eigenvalue weighted by Crippen LogP contribution is 2.18. The van der Waals surface area contributed by atoms with Crippen LogP contribution in [0.3, 0.4) is 0 Å². The van der Waals surface area contributed by atoms with Crippen molar-refractivity contribution in [3.8, 4) is 0 Å². The first-order chi connectivity index (χ1) is 8.97. The van der Waals surface area contributed by atoms with Gasteiger partial charge >= 0.3 is 0 Å². The zero-order chi connectivity index (χ0) is 14.0. The fourth-order valence-corrected chi connectivity index (χ4v) is 2.72. The quantitative estimate of drug-likeness (QED) is 0.845. The molecule has 1 unspecified atom stereocenters. The number of ketones is 1. The van der Waals surface area contributed by atoms with Crippen LogP contribution in [0.25, 0.3) is 0 Å². The molecule has 1 fully saturated rings. The molecule has 3 nitrogen and oxygen atoms in total. The maximum absolute atomic E-state index is 12.4. The summed E-state index contributed by atoms with van der Waals surface area (Å²) in [5.41, 5.74) is 4.43. The van der Waals surface area contributed by atoms with Crippen LogP contribution >= 0.6 is 0 Å². The maximum Gasteiger partial charge on any atom is 0.164 e. The van der Waals surface area contributed by atoms with Crippen molar-refractivity contribution < 1.29 is 4.79 Å². The molecule has 0 spiro atoms. The first-order valence-electron chi connectivity index (χ1n) is 7.00. The van der Waals surface area contributed by atoms with Crippen LogP contribution in [0.5, 0.6) is 0 Å². The number of aryl methyl sites for hydroxylation is 3. The summed E-state index contributed by atoms with van der Waals surface area (Å²) >= 11 is 0. The molecule has 1 aliphatic heterocycles. The van der Waals surface area contributed by atoms with E-state index in [2.05, 4.69) is 37.2 Å². The van der Waals surface area contributed by atoms with E-state index in [0.717, 1.165) is 30.8 Å². The van der Waals surface area contributed by atoms with Gasteiger partial charge in [0.1, 0.15) is 0 Å². The van der Waals surface area contributed by atoms with Gasteiger partial charge in [0.25, 0.3) is 0 Å². The lowest BCUT2D eigenvalue weighted by molar-refractivity contribution is 0.0951. The monoisotopic (exact) mass is 260 g/mol. The molecule has 1 aromatic carbocycles. The van der Waals surface area contributed by atoms with Crippen LogP contribution < -0.4 is 5.32 Å². The minimum atomic E-state index is 0.258. The number of nitrogens with one attached hydrogen (secondary N) is 1. The molecular formula is C16H24N2O. The van der Waals surface area contributed by atoms with Crippen LogP contribution in [0.2, 0.25) is 0 Å². The standard InChI is InChI=1S/C16H24N2O/c1-11-7-13(3)15(8-12(11)2)16(19)9-14-10-18(4)6-5-17-14/h7-8,14,17H,5-6,9-10H2,1-4H3. The number of benzene rings is 1. The van der Waals surface area contributed by atoms with Gasteiger partial charge < -0.3 is 10.2 Å². The van der Waals surface area contributed by atoms with Crippen molar-refractivity contribution in [1.82, 2.24) is 10.2 Å². The summed E-state index contributed by atoms with van der Waals surface area (Å²) in [6.07, 6.45) is 0.591. The fraction of sp³-hybridized carbons (Fsp3) is 0.562. The lowest BCUT2D eigenvalue weighted by atomic mass is 9.94. The number of rotatable bonds is 3. The van der Waals surface area contributed by atoms with Gasteiger partial charge in [0.2, 0.25) is 0 Å². The van der Waals surface area contributed by atoms with Crippen molar-refractivity contribution in [3.63, 3.8) is 0 Å². The van der Waals surface area contributed by atoms with Crippen LogP contribution in [0.15, 0.2) is 12.1 Å². The minimum Gasteiger partial charge on any atom is -0.311 e. The molecule has 0 amide bonds. The van der Waals surface area contributed by atoms with E-state index in [1.165, 1.54) is 11.1 Å². The van der Waals surface area contributed by atoms with Crippen molar-refractivity contribution in [3.05, 3.63) is 34.4 Å². The summed E-state index contributed by atoms with van der Waals surface area (Å²) in [5, 5.41) is 3.43. The predicted octanol–water partition coefficient (Wildman–Crippen LogP) is 2.09. The number of hydrogen-bond donors (Lipinski definition) is 1. The molecule has 2 rings (SSSR count). The van der Waals surface area contributed by atoms with Gasteiger partial charge in [-0.25, -0.2) is 0 Å². The Morgan fingerprint density at radius 3 is 2.63 bits per heavy atom. The molecule has 104 valence electrons. The Hall–Kier alpha value is -1.19. The number of carbonyl (C=O) groups excluding carboxylic acids is 1. The van der Waals surface area contributed by atoms with Gasteiger partial charge in [0, 0.05) is 37.7 Å². The van der Waals surface area contributed by atoms with Crippen molar-refractivity contribution in [2.45, 2.75) is 33.2 Å². The summed E-state index contributed by atoms with van der Waals surface area (Å²) in [5.74, 6) is 0.258. The van der Waals surface area contributed by atoms with Gasteiger partial charge in [-0.1, -0.05) is 6.07 Å². The normalized spacial score (nSPS) is 20.5. The van der Waals surface area contributed by atoms with Gasteiger partial charge in [-0.05, 0) is 50.6 Å². The lowest BCUT2D eigenvalue weighted by Crippen LogP contribution is -2.49. The Balaban J connectivity index is 2.09. The fourth-order valence-electron chi connectivity index (χ4n) is 2.72. The largest absolute Gasteiger partial charge is 0.311 e. The molecule has 3 heteroatoms. The van der Waals surface area contributed by atoms with E-state index in [4.69, 9.17) is 0 Å². The van der Waals surface area contributed by atoms with Crippen LogP contribution in [0.1, 0.15) is 33.5 Å². The molecule has 0 aromatic heterocycles. The van der Waals surface area contributed by atoms with E-state index >= 15 is 0 Å². The summed E-state index contributed by atoms with van der Waals surface area (Å²) < 4.78 is 0. The summed E-state index contributed by atoms with van der Waals surface area (Å²) in [7, 11) is 2.11. The Morgan fingerprint density at radius 2 is 1.95 bits per heavy atom. The van der Waals surface area contributed by atoms with E-state index in [0.29, 0.717) is 6.42 Å². The van der Waals surface area contributed by atoms with Crippen LogP contribution in [0, 0.1) is 20.8 Å². The van der Waals surface area contributed by atoms with Crippen LogP contribution in [-0.2, 0) is 0 Å². The maximum atomic E-state index is 12.4. The second-order valence-corrected chi connectivity index (χ2v) is 5.79. The molecule has 1 aliphatic rings. The van der Waals surface area contributed by atoms with Crippen molar-refractivity contribution >= 4 is 5.78 Å². The number of piperazine rings is 1. The van der Waals surface area contributed by atoms with Crippen LogP contribution in [-0.4, -0.2) is 43.4 Å². The SMILES string of the molecule is Cc1cc(C)c(C(=O)CC2CN(C)CCN2)cc1C. The number of likely N-dealkylation sites (N-methyl/N-ethyl adjacent to an activating group) is 1. The van der Waals surface area contributed by atoms with Gasteiger partial charge in [-0.2, -0.15) is 0 Å². The predicted molar refractivity (Wildman–Crippen MR) is 78.9 cm³/mol. The Kier molecular flexibility index (Phi) is 4.38. The zero-order valence-corrected chi connectivity index (χ0v) is 12.4. The number of Topliss-reactive ketones (excluding diaryl/α,β-unsaturated/α-hetero) is 1. The highest BCUT2D eigenvalue weighted by Gasteiger charge is 2.21. The first kappa shape index (κ1) is 14.2. The molecule has 19 heavy (non-hydrogen) atoms. The molecule has 0 bridgehead atoms. The topological polar surface area (TPSA) is 32.3 Å². The minimum absolute atomic E-state index is 0.258. The second kappa shape index (κ2) is 5.85. The third-order valence-electron chi connectivity index (χ3n) is 4.03. The van der Waals surface area contributed by atoms with Crippen molar-refractivity contribution in [1.29, 1.82) is 0 Å². The van der Waals surface area contributed by atoms with E-state index < -0.39 is 0 Å². The summed E-state index contributed by atoms with van der Waals surface area (Å²) in [6.45, 7) is 9.18. The summed E-state index contributed by atoms with van der Waals surface area (Å²) in [4.78, 5) is 14.7. The second-order valence-electron chi connectivity index (χ2n) is 5.79. The average Bonchev–Trinajstić information content (AvgIpc) is 2.33. The van der Waals surface area contributed by atoms with Gasteiger partial charge in [0.15, 0.2) is 5.78 Å². The number of nitrogens with zero attached hydrogens (tertiary/aromatic N) is 1. The Morgan fingerprint density at radius 1 is 1.26 bits per heavy atom. The molecule has 1 saturated heterocycles. The third-order valence-corrected chi connectivity index (χ3v) is 4.03. The van der Waals surface area contributed by atoms with E-state index in [1.54, 1.807) is 0 Å². The van der Waals surface area contributed by atoms with E-state index in [9.17, 15) is 4.79 Å². The van der Waals surface area contributed by atoms with Gasteiger partial charge in [-0.15, -0.1) is 0 Å². The van der Waals surface area contributed by atoms with Crippen molar-refractivity contribution in [2.24, 2.45) is 0 Å². The summed E-state index contributed by atoms with van der Waals surface area (Å²) in [6, 6.07) is 4.44. The number of hydrogen-bond acceptors (Lipinski definition) is 3. The first-order valence-corrected chi connectivity index (χ1v) is 7.00. The molecule has 1 N–H and O–H groups in total. The average molecular weight is 260 g/mol. The van der Waals surface area contributed by atoms with Gasteiger partial charge in [-0.3, -0.25) is 4.79 Å². The number of carbonyl (C=O) groups is 1. The highest BCUT2D eigenvalue weighted by atomic mass is 16.1. The molecule has 1 heterocycles. The Labute approximate surface area is 116 Å². The Bertz CT molecular complexity index is 482. The molecule has 0 saturated carbocycles. The lowest BCUT2D eigenvalue weighted by Gasteiger charge is -2.30. The molecule has 1 atom stereocenters. The smallest absolute Gasteiger partial charge is 0.164 e. The molecule has 0 radical (unpaired) electrons. The van der Waals surface area contributed by atoms with E-state index in [-0.39, 0.29) is 11.8 Å². The van der Waals surface area contributed by atoms with E-state index in [1.807, 2.05) is 13.0 Å². The highest BCUT2D eigenvalue weighted by molar-refractivity contribution is 5.98. The van der Waals surface area contributed by atoms with Gasteiger partial charge in [0.05, 0.1) is 0 Å². The third kappa shape index (κ3) is 3.43. The van der Waals surface area contributed by atoms with Crippen LogP contribution in [0.4, 0.5) is 0 Å². The molecule has 0 aliphatic carbocycles. The van der Waals surface area contributed by atoms with Crippen molar-refractivity contribution in [2.75, 3.05) is 26.7 Å². The molecule has 1 aromatic rings.